The number of hydrogen-bond donors (Lipinski definition) is 1. The summed E-state index contributed by atoms with van der Waals surface area (Å²) in [6, 6.07) is 7.53. The van der Waals surface area contributed by atoms with Crippen LogP contribution in [0.25, 0.3) is 10.9 Å². The third-order valence-corrected chi connectivity index (χ3v) is 6.54. The molecule has 0 bridgehead atoms. The molecule has 0 spiro atoms. The van der Waals surface area contributed by atoms with Crippen molar-refractivity contribution in [3.63, 3.8) is 0 Å². The fraction of sp³-hybridized carbons (Fsp3) is 0.440. The molecule has 1 fully saturated rings. The summed E-state index contributed by atoms with van der Waals surface area (Å²) in [5.74, 6) is 1.73. The monoisotopic (exact) mass is 483 g/mol. The van der Waals surface area contributed by atoms with Crippen molar-refractivity contribution in [2.24, 2.45) is 18.9 Å². The third-order valence-electron chi connectivity index (χ3n) is 6.22. The molecule has 1 aliphatic heterocycles. The summed E-state index contributed by atoms with van der Waals surface area (Å²) in [5, 5.41) is 3.83. The minimum atomic E-state index is -0.303. The molecule has 34 heavy (non-hydrogen) atoms. The van der Waals surface area contributed by atoms with Crippen molar-refractivity contribution in [3.05, 3.63) is 57.1 Å². The van der Waals surface area contributed by atoms with Crippen LogP contribution in [0.5, 0.6) is 5.75 Å². The highest BCUT2D eigenvalue weighted by Gasteiger charge is 2.24. The van der Waals surface area contributed by atoms with Gasteiger partial charge in [0.25, 0.3) is 11.5 Å². The number of benzene rings is 1. The predicted octanol–water partition coefficient (Wildman–Crippen LogP) is 3.18. The van der Waals surface area contributed by atoms with Gasteiger partial charge >= 0.3 is 0 Å². The van der Waals surface area contributed by atoms with Gasteiger partial charge in [-0.2, -0.15) is 0 Å². The van der Waals surface area contributed by atoms with Crippen LogP contribution >= 0.6 is 11.6 Å². The van der Waals surface area contributed by atoms with Gasteiger partial charge in [-0.15, -0.1) is 0 Å². The molecular formula is C25H30ClN5O3. The first kappa shape index (κ1) is 24.0. The Balaban J connectivity index is 1.62. The van der Waals surface area contributed by atoms with Gasteiger partial charge in [0.2, 0.25) is 5.95 Å². The van der Waals surface area contributed by atoms with E-state index in [9.17, 15) is 9.59 Å². The number of nitrogens with one attached hydrogen (secondary N) is 1. The van der Waals surface area contributed by atoms with E-state index < -0.39 is 0 Å². The highest BCUT2D eigenvalue weighted by atomic mass is 35.5. The van der Waals surface area contributed by atoms with Gasteiger partial charge in [0.05, 0.1) is 22.4 Å². The Bertz CT molecular complexity index is 1270. The molecule has 0 aliphatic carbocycles. The summed E-state index contributed by atoms with van der Waals surface area (Å²) in [6.45, 7) is 6.18. The van der Waals surface area contributed by atoms with Crippen LogP contribution in [0.1, 0.15) is 31.5 Å². The van der Waals surface area contributed by atoms with Gasteiger partial charge in [-0.05, 0) is 42.0 Å². The smallest absolute Gasteiger partial charge is 0.293 e. The molecule has 3 heterocycles. The zero-order chi connectivity index (χ0) is 24.4. The molecule has 4 rings (SSSR count). The van der Waals surface area contributed by atoms with Crippen LogP contribution in [0.3, 0.4) is 0 Å². The number of carbonyl (C=O) groups is 1. The molecule has 2 atom stereocenters. The number of pyridine rings is 1. The van der Waals surface area contributed by atoms with Crippen LogP contribution in [0.2, 0.25) is 5.02 Å². The minimum absolute atomic E-state index is 0.131. The molecule has 1 saturated heterocycles. The van der Waals surface area contributed by atoms with Gasteiger partial charge in [-0.25, -0.2) is 9.97 Å². The number of amides is 1. The van der Waals surface area contributed by atoms with Crippen molar-refractivity contribution in [2.45, 2.75) is 26.7 Å². The zero-order valence-electron chi connectivity index (χ0n) is 20.0. The molecule has 2 aromatic heterocycles. The largest absolute Gasteiger partial charge is 0.478 e. The highest BCUT2D eigenvalue weighted by molar-refractivity contribution is 6.31. The number of rotatable bonds is 6. The normalized spacial score (nSPS) is 18.2. The number of aromatic nitrogens is 3. The molecule has 0 radical (unpaired) electrons. The molecule has 3 aromatic rings. The van der Waals surface area contributed by atoms with E-state index in [1.165, 1.54) is 18.0 Å². The predicted molar refractivity (Wildman–Crippen MR) is 134 cm³/mol. The van der Waals surface area contributed by atoms with Gasteiger partial charge in [-0.1, -0.05) is 31.5 Å². The van der Waals surface area contributed by atoms with Crippen molar-refractivity contribution >= 4 is 34.4 Å². The average molecular weight is 484 g/mol. The molecule has 0 saturated carbocycles. The van der Waals surface area contributed by atoms with Crippen LogP contribution in [-0.4, -0.2) is 47.2 Å². The molecule has 1 N–H and O–H groups in total. The van der Waals surface area contributed by atoms with Crippen molar-refractivity contribution in [3.8, 4) is 5.75 Å². The number of likely N-dealkylation sites (N-methyl/N-ethyl adjacent to an activating group) is 1. The van der Waals surface area contributed by atoms with Gasteiger partial charge in [0.1, 0.15) is 0 Å². The summed E-state index contributed by atoms with van der Waals surface area (Å²) in [4.78, 5) is 35.7. The fourth-order valence-electron chi connectivity index (χ4n) is 4.62. The summed E-state index contributed by atoms with van der Waals surface area (Å²) >= 11 is 6.47. The van der Waals surface area contributed by atoms with Gasteiger partial charge < -0.3 is 19.5 Å². The number of hydrogen-bond acceptors (Lipinski definition) is 6. The SMILES string of the molecule is CNC(=O)COc1cc2cc(Cc3nc(N4C[C@@H](C)C[C@H](C)C4)ncc3Cl)ccc2n(C)c1=O. The van der Waals surface area contributed by atoms with Crippen LogP contribution in [-0.2, 0) is 18.3 Å². The number of piperidine rings is 1. The van der Waals surface area contributed by atoms with E-state index >= 15 is 0 Å². The third kappa shape index (κ3) is 5.17. The van der Waals surface area contributed by atoms with E-state index in [0.29, 0.717) is 29.2 Å². The maximum absolute atomic E-state index is 12.6. The Labute approximate surface area is 203 Å². The Morgan fingerprint density at radius 2 is 1.97 bits per heavy atom. The molecule has 8 nitrogen and oxygen atoms in total. The number of aryl methyl sites for hydroxylation is 1. The Morgan fingerprint density at radius 1 is 1.24 bits per heavy atom. The lowest BCUT2D eigenvalue weighted by molar-refractivity contribution is -0.122. The number of carbonyl (C=O) groups excluding carboxylic acids is 1. The Morgan fingerprint density at radius 3 is 2.68 bits per heavy atom. The summed E-state index contributed by atoms with van der Waals surface area (Å²) < 4.78 is 6.98. The second-order valence-corrected chi connectivity index (χ2v) is 9.63. The second kappa shape index (κ2) is 10.0. The standard InChI is InChI=1S/C25H30ClN5O3/c1-15-7-16(2)13-31(12-15)25-28-11-19(26)20(29-25)9-17-5-6-21-18(8-17)10-22(24(33)30(21)4)34-14-23(32)27-3/h5-6,8,10-11,15-16H,7,9,12-14H2,1-4H3,(H,27,32)/t15-,16-/m0/s1. The Kier molecular flexibility index (Phi) is 7.07. The van der Waals surface area contributed by atoms with Gasteiger partial charge in [0, 0.05) is 39.0 Å². The van der Waals surface area contributed by atoms with E-state index in [1.54, 1.807) is 19.3 Å². The second-order valence-electron chi connectivity index (χ2n) is 9.22. The lowest BCUT2D eigenvalue weighted by Crippen LogP contribution is -2.39. The molecule has 1 aliphatic rings. The number of fused-ring (bicyclic) bond motifs is 1. The maximum atomic E-state index is 12.6. The van der Waals surface area contributed by atoms with Crippen LogP contribution in [0.15, 0.2) is 35.3 Å². The lowest BCUT2D eigenvalue weighted by atomic mass is 9.92. The van der Waals surface area contributed by atoms with Crippen LogP contribution < -0.4 is 20.5 Å². The molecule has 1 aromatic carbocycles. The molecule has 1 amide bonds. The number of halogens is 1. The van der Waals surface area contributed by atoms with Crippen LogP contribution in [0.4, 0.5) is 5.95 Å². The van der Waals surface area contributed by atoms with E-state index in [1.807, 2.05) is 18.2 Å². The number of anilines is 1. The molecule has 0 unspecified atom stereocenters. The number of nitrogens with zero attached hydrogens (tertiary/aromatic N) is 4. The van der Waals surface area contributed by atoms with E-state index in [4.69, 9.17) is 21.3 Å². The lowest BCUT2D eigenvalue weighted by Gasteiger charge is -2.35. The number of ether oxygens (including phenoxy) is 1. The van der Waals surface area contributed by atoms with Crippen molar-refractivity contribution in [1.82, 2.24) is 19.9 Å². The first-order valence-corrected chi connectivity index (χ1v) is 11.8. The van der Waals surface area contributed by atoms with Crippen molar-refractivity contribution < 1.29 is 9.53 Å². The van der Waals surface area contributed by atoms with Crippen molar-refractivity contribution in [1.29, 1.82) is 0 Å². The maximum Gasteiger partial charge on any atom is 0.293 e. The minimum Gasteiger partial charge on any atom is -0.478 e. The quantitative estimate of drug-likeness (QED) is 0.579. The van der Waals surface area contributed by atoms with E-state index in [2.05, 4.69) is 29.0 Å². The fourth-order valence-corrected chi connectivity index (χ4v) is 4.78. The highest BCUT2D eigenvalue weighted by Crippen LogP contribution is 2.27. The van der Waals surface area contributed by atoms with Crippen LogP contribution in [0, 0.1) is 11.8 Å². The molecule has 9 heteroatoms. The van der Waals surface area contributed by atoms with Crippen molar-refractivity contribution in [2.75, 3.05) is 31.6 Å². The first-order valence-electron chi connectivity index (χ1n) is 11.5. The summed E-state index contributed by atoms with van der Waals surface area (Å²) in [6.07, 6.45) is 3.42. The van der Waals surface area contributed by atoms with E-state index in [-0.39, 0.29) is 23.8 Å². The van der Waals surface area contributed by atoms with Gasteiger partial charge in [0.15, 0.2) is 12.4 Å². The van der Waals surface area contributed by atoms with Gasteiger partial charge in [-0.3, -0.25) is 9.59 Å². The first-order chi connectivity index (χ1) is 16.2. The Hall–Kier alpha value is -3.13. The summed E-state index contributed by atoms with van der Waals surface area (Å²) in [5.41, 5.74) is 2.23. The summed E-state index contributed by atoms with van der Waals surface area (Å²) in [7, 11) is 3.21. The topological polar surface area (TPSA) is 89.3 Å². The molecule has 180 valence electrons. The van der Waals surface area contributed by atoms with E-state index in [0.717, 1.165) is 35.2 Å². The average Bonchev–Trinajstić information content (AvgIpc) is 2.81. The molecular weight excluding hydrogens is 454 g/mol. The zero-order valence-corrected chi connectivity index (χ0v) is 20.7.